The lowest BCUT2D eigenvalue weighted by atomic mass is 9.84. The number of rotatable bonds is 5. The zero-order valence-electron chi connectivity index (χ0n) is 15.2. The summed E-state index contributed by atoms with van der Waals surface area (Å²) in [5.41, 5.74) is 5.02. The first-order valence-electron chi connectivity index (χ1n) is 8.52. The Morgan fingerprint density at radius 3 is 2.29 bits per heavy atom. The topological polar surface area (TPSA) is 56.0 Å². The lowest BCUT2D eigenvalue weighted by molar-refractivity contribution is 0.465. The minimum absolute atomic E-state index is 0.121. The van der Waals surface area contributed by atoms with Crippen LogP contribution in [0.15, 0.2) is 16.5 Å². The summed E-state index contributed by atoms with van der Waals surface area (Å²) >= 11 is 0. The molecule has 1 heterocycles. The summed E-state index contributed by atoms with van der Waals surface area (Å²) in [6.07, 6.45) is 2.26. The van der Waals surface area contributed by atoms with Gasteiger partial charge in [0.15, 0.2) is 0 Å². The zero-order valence-corrected chi connectivity index (χ0v) is 16.0. The summed E-state index contributed by atoms with van der Waals surface area (Å²) in [6, 6.07) is 4.44. The maximum absolute atomic E-state index is 12.5. The van der Waals surface area contributed by atoms with Gasteiger partial charge in [-0.1, -0.05) is 32.9 Å². The Morgan fingerprint density at radius 1 is 1.12 bits per heavy atom. The lowest BCUT2D eigenvalue weighted by Crippen LogP contribution is -2.13. The molecule has 4 nitrogen and oxygen atoms in total. The van der Waals surface area contributed by atoms with Crippen LogP contribution in [0, 0.1) is 13.8 Å². The highest BCUT2D eigenvalue weighted by Crippen LogP contribution is 2.39. The Hall–Kier alpha value is -1.49. The molecule has 0 amide bonds. The van der Waals surface area contributed by atoms with Gasteiger partial charge < -0.3 is 4.42 Å². The number of aryl methyl sites for hydroxylation is 2. The summed E-state index contributed by atoms with van der Waals surface area (Å²) in [5.74, 6) is 2.51. The highest BCUT2D eigenvalue weighted by molar-refractivity contribution is 7.83. The van der Waals surface area contributed by atoms with Crippen LogP contribution in [0.3, 0.4) is 0 Å². The quantitative estimate of drug-likeness (QED) is 0.809. The van der Waals surface area contributed by atoms with E-state index in [2.05, 4.69) is 56.9 Å². The lowest BCUT2D eigenvalue weighted by Gasteiger charge is -2.22. The Bertz CT molecular complexity index is 747. The van der Waals surface area contributed by atoms with Gasteiger partial charge in [0.1, 0.15) is 5.75 Å². The van der Waals surface area contributed by atoms with E-state index in [1.807, 2.05) is 0 Å². The molecule has 130 valence electrons. The molecule has 0 radical (unpaired) electrons. The van der Waals surface area contributed by atoms with Crippen LogP contribution in [0.4, 0.5) is 0 Å². The van der Waals surface area contributed by atoms with E-state index in [0.717, 1.165) is 12.8 Å². The van der Waals surface area contributed by atoms with Crippen LogP contribution >= 0.6 is 0 Å². The second kappa shape index (κ2) is 6.43. The standard InChI is InChI=1S/C19H26N2O2S/c1-12-8-15(19(3,4)5)9-13(2)16(12)10-24(22)11-17-20-21-18(23-17)14-6-7-14/h8-9,14H,6-7,10-11H2,1-5H3/t24-/m0/s1. The zero-order chi connectivity index (χ0) is 17.5. The summed E-state index contributed by atoms with van der Waals surface area (Å²) < 4.78 is 18.2. The molecular formula is C19H26N2O2S. The van der Waals surface area contributed by atoms with Crippen LogP contribution in [-0.4, -0.2) is 14.4 Å². The van der Waals surface area contributed by atoms with E-state index in [-0.39, 0.29) is 5.41 Å². The third kappa shape index (κ3) is 3.94. The van der Waals surface area contributed by atoms with Crippen molar-refractivity contribution in [1.82, 2.24) is 10.2 Å². The average Bonchev–Trinajstić information content (AvgIpc) is 3.22. The van der Waals surface area contributed by atoms with Gasteiger partial charge >= 0.3 is 0 Å². The van der Waals surface area contributed by atoms with Crippen molar-refractivity contribution < 1.29 is 8.63 Å². The monoisotopic (exact) mass is 346 g/mol. The summed E-state index contributed by atoms with van der Waals surface area (Å²) in [7, 11) is -1.05. The molecule has 1 aliphatic rings. The molecule has 1 saturated carbocycles. The predicted molar refractivity (Wildman–Crippen MR) is 96.4 cm³/mol. The molecule has 3 rings (SSSR count). The van der Waals surface area contributed by atoms with Crippen molar-refractivity contribution in [3.8, 4) is 0 Å². The molecule has 24 heavy (non-hydrogen) atoms. The molecule has 0 unspecified atom stereocenters. The van der Waals surface area contributed by atoms with E-state index in [1.165, 1.54) is 22.3 Å². The van der Waals surface area contributed by atoms with Crippen LogP contribution in [0.5, 0.6) is 0 Å². The SMILES string of the molecule is Cc1cc(C(C)(C)C)cc(C)c1C[S@](=O)Cc1nnc(C2CC2)o1. The molecule has 1 atom stereocenters. The molecular weight excluding hydrogens is 320 g/mol. The van der Waals surface area contributed by atoms with Gasteiger partial charge in [0.2, 0.25) is 11.8 Å². The van der Waals surface area contributed by atoms with Crippen LogP contribution in [0.2, 0.25) is 0 Å². The van der Waals surface area contributed by atoms with Crippen molar-refractivity contribution in [3.05, 3.63) is 46.2 Å². The number of benzene rings is 1. The fraction of sp³-hybridized carbons (Fsp3) is 0.579. The third-order valence-corrected chi connectivity index (χ3v) is 5.74. The Morgan fingerprint density at radius 2 is 1.75 bits per heavy atom. The smallest absolute Gasteiger partial charge is 0.229 e. The van der Waals surface area contributed by atoms with Gasteiger partial charge in [-0.15, -0.1) is 10.2 Å². The maximum atomic E-state index is 12.5. The first-order chi connectivity index (χ1) is 11.2. The van der Waals surface area contributed by atoms with Crippen molar-refractivity contribution in [2.24, 2.45) is 0 Å². The first-order valence-corrected chi connectivity index (χ1v) is 10.0. The van der Waals surface area contributed by atoms with E-state index < -0.39 is 10.8 Å². The van der Waals surface area contributed by atoms with Crippen LogP contribution in [0.1, 0.15) is 73.6 Å². The van der Waals surface area contributed by atoms with Crippen molar-refractivity contribution in [3.63, 3.8) is 0 Å². The number of nitrogens with zero attached hydrogens (tertiary/aromatic N) is 2. The van der Waals surface area contributed by atoms with Crippen molar-refractivity contribution >= 4 is 10.8 Å². The number of hydrogen-bond acceptors (Lipinski definition) is 4. The van der Waals surface area contributed by atoms with E-state index in [0.29, 0.717) is 29.2 Å². The normalized spacial score (nSPS) is 16.4. The summed E-state index contributed by atoms with van der Waals surface area (Å²) in [4.78, 5) is 0. The van der Waals surface area contributed by atoms with Gasteiger partial charge in [-0.25, -0.2) is 0 Å². The minimum atomic E-state index is -1.05. The molecule has 0 N–H and O–H groups in total. The van der Waals surface area contributed by atoms with Gasteiger partial charge in [0.25, 0.3) is 0 Å². The predicted octanol–water partition coefficient (Wildman–Crippen LogP) is 4.31. The summed E-state index contributed by atoms with van der Waals surface area (Å²) in [5, 5.41) is 8.10. The van der Waals surface area contributed by atoms with Crippen molar-refractivity contribution in [2.75, 3.05) is 0 Å². The first kappa shape index (κ1) is 17.3. The average molecular weight is 346 g/mol. The fourth-order valence-corrected chi connectivity index (χ4v) is 4.10. The highest BCUT2D eigenvalue weighted by atomic mass is 32.2. The van der Waals surface area contributed by atoms with Gasteiger partial charge in [-0.2, -0.15) is 0 Å². The van der Waals surface area contributed by atoms with Crippen LogP contribution < -0.4 is 0 Å². The molecule has 2 aromatic rings. The van der Waals surface area contributed by atoms with E-state index in [4.69, 9.17) is 4.42 Å². The van der Waals surface area contributed by atoms with Gasteiger partial charge in [0, 0.05) is 22.5 Å². The van der Waals surface area contributed by atoms with E-state index in [1.54, 1.807) is 0 Å². The molecule has 1 aliphatic carbocycles. The molecule has 0 bridgehead atoms. The molecule has 1 aromatic heterocycles. The number of hydrogen-bond donors (Lipinski definition) is 0. The van der Waals surface area contributed by atoms with Crippen molar-refractivity contribution in [1.29, 1.82) is 0 Å². The molecule has 0 spiro atoms. The molecule has 0 aliphatic heterocycles. The third-order valence-electron chi connectivity index (χ3n) is 4.56. The summed E-state index contributed by atoms with van der Waals surface area (Å²) in [6.45, 7) is 10.9. The van der Waals surface area contributed by atoms with Gasteiger partial charge in [-0.05, 0) is 54.4 Å². The Kier molecular flexibility index (Phi) is 4.65. The van der Waals surface area contributed by atoms with Crippen molar-refractivity contribution in [2.45, 2.75) is 70.3 Å². The highest BCUT2D eigenvalue weighted by Gasteiger charge is 2.29. The Balaban J connectivity index is 1.71. The van der Waals surface area contributed by atoms with E-state index in [9.17, 15) is 4.21 Å². The molecule has 1 fully saturated rings. The molecule has 5 heteroatoms. The Labute approximate surface area is 146 Å². The second-order valence-corrected chi connectivity index (χ2v) is 9.33. The van der Waals surface area contributed by atoms with Gasteiger partial charge in [0.05, 0.1) is 0 Å². The van der Waals surface area contributed by atoms with Crippen LogP contribution in [0.25, 0.3) is 0 Å². The second-order valence-electron chi connectivity index (χ2n) is 7.88. The number of aromatic nitrogens is 2. The largest absolute Gasteiger partial charge is 0.424 e. The molecule has 1 aromatic carbocycles. The fourth-order valence-electron chi connectivity index (χ4n) is 2.82. The minimum Gasteiger partial charge on any atom is -0.424 e. The maximum Gasteiger partial charge on any atom is 0.229 e. The van der Waals surface area contributed by atoms with Crippen LogP contribution in [-0.2, 0) is 27.7 Å². The van der Waals surface area contributed by atoms with E-state index >= 15 is 0 Å². The van der Waals surface area contributed by atoms with Gasteiger partial charge in [-0.3, -0.25) is 4.21 Å². The molecule has 0 saturated heterocycles.